The van der Waals surface area contributed by atoms with Crippen LogP contribution in [-0.4, -0.2) is 37.0 Å². The van der Waals surface area contributed by atoms with E-state index in [0.29, 0.717) is 41.2 Å². The molecule has 1 aliphatic heterocycles. The zero-order chi connectivity index (χ0) is 23.1. The van der Waals surface area contributed by atoms with E-state index >= 15 is 0 Å². The van der Waals surface area contributed by atoms with Crippen LogP contribution >= 0.6 is 0 Å². The Morgan fingerprint density at radius 3 is 2.82 bits per heavy atom. The molecule has 0 fully saturated rings. The number of nitrogens with one attached hydrogen (secondary N) is 2. The largest absolute Gasteiger partial charge is 0.348 e. The minimum Gasteiger partial charge on any atom is -0.348 e. The van der Waals surface area contributed by atoms with Gasteiger partial charge in [-0.25, -0.2) is 18.9 Å². The van der Waals surface area contributed by atoms with E-state index in [4.69, 9.17) is 0 Å². The number of rotatable bonds is 4. The Morgan fingerprint density at radius 1 is 1.09 bits per heavy atom. The first kappa shape index (κ1) is 20.1. The SMILES string of the molecule is O=C(Nc1ccccc1)c1cccnc1N1CCc2[nH]cnc2[C@@H]1c1cc2c(F)cccn2n1. The van der Waals surface area contributed by atoms with Gasteiger partial charge in [-0.3, -0.25) is 4.79 Å². The lowest BCUT2D eigenvalue weighted by Gasteiger charge is -2.35. The van der Waals surface area contributed by atoms with Crippen LogP contribution in [0.5, 0.6) is 0 Å². The summed E-state index contributed by atoms with van der Waals surface area (Å²) in [6, 6.07) is 17.1. The number of nitrogens with zero attached hydrogens (tertiary/aromatic N) is 5. The quantitative estimate of drug-likeness (QED) is 0.429. The van der Waals surface area contributed by atoms with Gasteiger partial charge in [0, 0.05) is 36.7 Å². The van der Waals surface area contributed by atoms with Crippen molar-refractivity contribution in [3.63, 3.8) is 0 Å². The highest BCUT2D eigenvalue weighted by Gasteiger charge is 2.35. The van der Waals surface area contributed by atoms with Gasteiger partial charge in [-0.2, -0.15) is 5.10 Å². The summed E-state index contributed by atoms with van der Waals surface area (Å²) in [4.78, 5) is 27.6. The Bertz CT molecular complexity index is 1490. The van der Waals surface area contributed by atoms with Gasteiger partial charge in [0.2, 0.25) is 0 Å². The summed E-state index contributed by atoms with van der Waals surface area (Å²) in [6.45, 7) is 0.582. The molecule has 0 bridgehead atoms. The van der Waals surface area contributed by atoms with Crippen molar-refractivity contribution in [3.05, 3.63) is 108 Å². The van der Waals surface area contributed by atoms with Gasteiger partial charge in [0.1, 0.15) is 23.2 Å². The molecule has 0 unspecified atom stereocenters. The highest BCUT2D eigenvalue weighted by Crippen LogP contribution is 2.37. The van der Waals surface area contributed by atoms with Gasteiger partial charge in [-0.1, -0.05) is 18.2 Å². The molecule has 1 aromatic carbocycles. The Kier molecular flexibility index (Phi) is 4.80. The van der Waals surface area contributed by atoms with Crippen LogP contribution in [0.25, 0.3) is 5.52 Å². The topological polar surface area (TPSA) is 91.2 Å². The van der Waals surface area contributed by atoms with Crippen molar-refractivity contribution in [1.82, 2.24) is 24.6 Å². The molecule has 9 heteroatoms. The maximum Gasteiger partial charge on any atom is 0.259 e. The number of carbonyl (C=O) groups is 1. The molecule has 2 N–H and O–H groups in total. The summed E-state index contributed by atoms with van der Waals surface area (Å²) in [6.07, 6.45) is 5.72. The molecular formula is C25H20FN7O. The predicted octanol–water partition coefficient (Wildman–Crippen LogP) is 4.00. The summed E-state index contributed by atoms with van der Waals surface area (Å²) in [5.74, 6) is -0.0966. The molecule has 0 saturated heterocycles. The van der Waals surface area contributed by atoms with Crippen LogP contribution in [0.1, 0.15) is 33.5 Å². The van der Waals surface area contributed by atoms with Gasteiger partial charge >= 0.3 is 0 Å². The molecule has 6 rings (SSSR count). The molecule has 0 spiro atoms. The molecule has 4 aromatic heterocycles. The van der Waals surface area contributed by atoms with E-state index in [0.717, 1.165) is 11.4 Å². The molecule has 1 amide bonds. The van der Waals surface area contributed by atoms with Crippen LogP contribution in [-0.2, 0) is 6.42 Å². The van der Waals surface area contributed by atoms with Crippen LogP contribution in [0.2, 0.25) is 0 Å². The summed E-state index contributed by atoms with van der Waals surface area (Å²) >= 11 is 0. The monoisotopic (exact) mass is 453 g/mol. The fourth-order valence-corrected chi connectivity index (χ4v) is 4.46. The second-order valence-electron chi connectivity index (χ2n) is 8.06. The molecule has 0 aliphatic carbocycles. The number of hydrogen-bond acceptors (Lipinski definition) is 5. The minimum atomic E-state index is -0.438. The summed E-state index contributed by atoms with van der Waals surface area (Å²) in [7, 11) is 0. The zero-order valence-corrected chi connectivity index (χ0v) is 18.0. The molecule has 34 heavy (non-hydrogen) atoms. The molecule has 8 nitrogen and oxygen atoms in total. The van der Waals surface area contributed by atoms with Crippen molar-refractivity contribution in [2.75, 3.05) is 16.8 Å². The molecule has 1 aliphatic rings. The Morgan fingerprint density at radius 2 is 1.97 bits per heavy atom. The van der Waals surface area contributed by atoms with E-state index in [1.165, 1.54) is 10.6 Å². The van der Waals surface area contributed by atoms with Crippen LogP contribution in [0, 0.1) is 5.82 Å². The molecule has 0 saturated carbocycles. The smallest absolute Gasteiger partial charge is 0.259 e. The normalized spacial score (nSPS) is 15.3. The maximum absolute atomic E-state index is 14.4. The van der Waals surface area contributed by atoms with E-state index in [9.17, 15) is 9.18 Å². The van der Waals surface area contributed by atoms with Crippen LogP contribution in [0.3, 0.4) is 0 Å². The summed E-state index contributed by atoms with van der Waals surface area (Å²) < 4.78 is 16.0. The average Bonchev–Trinajstić information content (AvgIpc) is 3.52. The number of fused-ring (bicyclic) bond motifs is 2. The summed E-state index contributed by atoms with van der Waals surface area (Å²) in [5, 5.41) is 7.59. The number of carbonyl (C=O) groups excluding carboxylic acids is 1. The number of para-hydroxylation sites is 1. The number of pyridine rings is 2. The van der Waals surface area contributed by atoms with E-state index in [2.05, 4.69) is 25.4 Å². The fourth-order valence-electron chi connectivity index (χ4n) is 4.46. The van der Waals surface area contributed by atoms with Crippen molar-refractivity contribution in [2.24, 2.45) is 0 Å². The lowest BCUT2D eigenvalue weighted by Crippen LogP contribution is -2.38. The molecular weight excluding hydrogens is 433 g/mol. The fraction of sp³-hybridized carbons (Fsp3) is 0.120. The molecule has 168 valence electrons. The average molecular weight is 453 g/mol. The standard InChI is InChI=1S/C25H20FN7O/c26-18-9-5-12-33-21(18)14-20(31-33)23-22-19(28-15-29-22)10-13-32(23)24-17(8-4-11-27-24)25(34)30-16-6-2-1-3-7-16/h1-9,11-12,14-15,23H,10,13H2,(H,28,29)(H,30,34)/t23-/m0/s1. The van der Waals surface area contributed by atoms with Crippen LogP contribution in [0.4, 0.5) is 15.9 Å². The van der Waals surface area contributed by atoms with E-state index in [-0.39, 0.29) is 11.7 Å². The zero-order valence-electron chi connectivity index (χ0n) is 18.0. The predicted molar refractivity (Wildman–Crippen MR) is 125 cm³/mol. The Balaban J connectivity index is 1.45. The second-order valence-corrected chi connectivity index (χ2v) is 8.06. The van der Waals surface area contributed by atoms with Crippen molar-refractivity contribution < 1.29 is 9.18 Å². The third kappa shape index (κ3) is 3.38. The van der Waals surface area contributed by atoms with Gasteiger partial charge in [-0.15, -0.1) is 0 Å². The first-order valence-corrected chi connectivity index (χ1v) is 10.9. The Labute approximate surface area is 194 Å². The molecule has 1 atom stereocenters. The van der Waals surface area contributed by atoms with Gasteiger partial charge in [0.05, 0.1) is 23.3 Å². The maximum atomic E-state index is 14.4. The van der Waals surface area contributed by atoms with Crippen LogP contribution < -0.4 is 10.2 Å². The lowest BCUT2D eigenvalue weighted by molar-refractivity contribution is 0.102. The number of benzene rings is 1. The van der Waals surface area contributed by atoms with Gasteiger partial charge in [0.15, 0.2) is 0 Å². The number of imidazole rings is 1. The highest BCUT2D eigenvalue weighted by atomic mass is 19.1. The van der Waals surface area contributed by atoms with Crippen molar-refractivity contribution in [2.45, 2.75) is 12.5 Å². The number of hydrogen-bond donors (Lipinski definition) is 2. The minimum absolute atomic E-state index is 0.262. The number of amides is 1. The number of H-pyrrole nitrogens is 1. The number of aromatic nitrogens is 5. The third-order valence-electron chi connectivity index (χ3n) is 6.01. The van der Waals surface area contributed by atoms with Gasteiger partial charge < -0.3 is 15.2 Å². The van der Waals surface area contributed by atoms with E-state index < -0.39 is 6.04 Å². The molecule has 5 aromatic rings. The van der Waals surface area contributed by atoms with Gasteiger partial charge in [0.25, 0.3) is 5.91 Å². The lowest BCUT2D eigenvalue weighted by atomic mass is 9.99. The van der Waals surface area contributed by atoms with Crippen molar-refractivity contribution in [1.29, 1.82) is 0 Å². The van der Waals surface area contributed by atoms with Crippen molar-refractivity contribution >= 4 is 22.9 Å². The van der Waals surface area contributed by atoms with E-state index in [1.807, 2.05) is 35.2 Å². The number of aromatic amines is 1. The highest BCUT2D eigenvalue weighted by molar-refractivity contribution is 6.07. The number of halogens is 1. The first-order valence-electron chi connectivity index (χ1n) is 10.9. The summed E-state index contributed by atoms with van der Waals surface area (Å²) in [5.41, 5.74) is 3.91. The first-order chi connectivity index (χ1) is 16.7. The molecule has 0 radical (unpaired) electrons. The van der Waals surface area contributed by atoms with Crippen molar-refractivity contribution in [3.8, 4) is 0 Å². The van der Waals surface area contributed by atoms with Gasteiger partial charge in [-0.05, 0) is 42.5 Å². The second kappa shape index (κ2) is 8.11. The Hall–Kier alpha value is -4.53. The van der Waals surface area contributed by atoms with E-state index in [1.54, 1.807) is 43.0 Å². The van der Waals surface area contributed by atoms with Crippen LogP contribution in [0.15, 0.2) is 79.4 Å². The number of anilines is 2. The molecule has 5 heterocycles. The third-order valence-corrected chi connectivity index (χ3v) is 6.01.